The van der Waals surface area contributed by atoms with E-state index in [1.807, 2.05) is 60.7 Å². The highest BCUT2D eigenvalue weighted by molar-refractivity contribution is 5.80. The molecular formula is C22H22N4. The number of unbranched alkanes of at least 4 members (excludes halogenated alkanes) is 1. The molecule has 0 N–H and O–H groups in total. The van der Waals surface area contributed by atoms with Gasteiger partial charge in [-0.15, -0.1) is 0 Å². The smallest absolute Gasteiger partial charge is 0.136 e. The van der Waals surface area contributed by atoms with Crippen molar-refractivity contribution in [2.45, 2.75) is 37.8 Å². The Morgan fingerprint density at radius 3 is 1.42 bits per heavy atom. The molecule has 0 aliphatic heterocycles. The van der Waals surface area contributed by atoms with Gasteiger partial charge in [-0.3, -0.25) is 9.98 Å². The molecule has 0 saturated heterocycles. The van der Waals surface area contributed by atoms with E-state index < -0.39 is 0 Å². The third kappa shape index (κ3) is 7.11. The van der Waals surface area contributed by atoms with Crippen molar-refractivity contribution in [1.82, 2.24) is 0 Å². The number of rotatable bonds is 9. The van der Waals surface area contributed by atoms with Crippen molar-refractivity contribution < 1.29 is 0 Å². The lowest BCUT2D eigenvalue weighted by Crippen LogP contribution is -2.04. The molecule has 0 saturated carbocycles. The van der Waals surface area contributed by atoms with E-state index in [0.717, 1.165) is 24.0 Å². The van der Waals surface area contributed by atoms with Crippen LogP contribution in [0.5, 0.6) is 0 Å². The lowest BCUT2D eigenvalue weighted by Gasteiger charge is -2.06. The predicted molar refractivity (Wildman–Crippen MR) is 105 cm³/mol. The fourth-order valence-corrected chi connectivity index (χ4v) is 2.45. The monoisotopic (exact) mass is 346 g/mol. The van der Waals surface area contributed by atoms with Gasteiger partial charge in [0.1, 0.15) is 12.1 Å². The summed E-state index contributed by atoms with van der Waals surface area (Å²) in [4.78, 5) is 8.69. The van der Waals surface area contributed by atoms with E-state index in [1.54, 1.807) is 12.4 Å². The van der Waals surface area contributed by atoms with Crippen molar-refractivity contribution in [3.8, 4) is 12.1 Å². The average molecular weight is 346 g/mol. The van der Waals surface area contributed by atoms with Crippen LogP contribution in [0.1, 0.15) is 36.8 Å². The predicted octanol–water partition coefficient (Wildman–Crippen LogP) is 4.57. The molecule has 2 rings (SSSR count). The summed E-state index contributed by atoms with van der Waals surface area (Å²) in [6, 6.07) is 23.3. The van der Waals surface area contributed by atoms with Gasteiger partial charge in [0.15, 0.2) is 0 Å². The summed E-state index contributed by atoms with van der Waals surface area (Å²) in [5.41, 5.74) is 1.99. The lowest BCUT2D eigenvalue weighted by atomic mass is 10.1. The van der Waals surface area contributed by atoms with Gasteiger partial charge in [0.25, 0.3) is 0 Å². The van der Waals surface area contributed by atoms with Gasteiger partial charge in [-0.25, -0.2) is 0 Å². The van der Waals surface area contributed by atoms with Crippen molar-refractivity contribution in [2.24, 2.45) is 9.98 Å². The van der Waals surface area contributed by atoms with Crippen LogP contribution in [0, 0.1) is 22.7 Å². The van der Waals surface area contributed by atoms with Crippen molar-refractivity contribution in [3.63, 3.8) is 0 Å². The molecule has 2 aromatic carbocycles. The zero-order valence-electron chi connectivity index (χ0n) is 14.7. The summed E-state index contributed by atoms with van der Waals surface area (Å²) in [7, 11) is 0. The first-order valence-electron chi connectivity index (χ1n) is 8.77. The summed E-state index contributed by atoms with van der Waals surface area (Å²) in [6.07, 6.45) is 6.58. The standard InChI is InChI=1S/C22H22N4/c23-15-21(25-17-19-9-3-1-4-10-19)13-7-8-14-22(16-24)26-18-20-11-5-2-6-12-20/h1-6,9-12,17-18,21-22H,7-8,13-14H2/t21-,22-/m0/s1/i15+2,16+2. The van der Waals surface area contributed by atoms with Gasteiger partial charge in [-0.05, 0) is 24.0 Å². The molecule has 0 unspecified atom stereocenters. The summed E-state index contributed by atoms with van der Waals surface area (Å²) in [5, 5.41) is 18.5. The van der Waals surface area contributed by atoms with Crippen LogP contribution < -0.4 is 0 Å². The molecule has 0 amide bonds. The van der Waals surface area contributed by atoms with Crippen molar-refractivity contribution in [1.29, 1.82) is 10.5 Å². The zero-order chi connectivity index (χ0) is 18.5. The second-order valence-corrected chi connectivity index (χ2v) is 5.95. The summed E-state index contributed by atoms with van der Waals surface area (Å²) < 4.78 is 0. The van der Waals surface area contributed by atoms with E-state index in [-0.39, 0.29) is 12.1 Å². The molecule has 0 aliphatic rings. The molecule has 2 atom stereocenters. The van der Waals surface area contributed by atoms with E-state index in [1.165, 1.54) is 0 Å². The summed E-state index contributed by atoms with van der Waals surface area (Å²) in [5.74, 6) is 0. The molecule has 2 aromatic rings. The molecule has 4 nitrogen and oxygen atoms in total. The molecule has 130 valence electrons. The Hall–Kier alpha value is -3.24. The Balaban J connectivity index is 1.73. The van der Waals surface area contributed by atoms with Crippen LogP contribution in [0.3, 0.4) is 0 Å². The maximum Gasteiger partial charge on any atom is 0.136 e. The molecule has 0 spiro atoms. The third-order valence-electron chi connectivity index (χ3n) is 3.91. The Morgan fingerprint density at radius 1 is 0.692 bits per heavy atom. The second kappa shape index (κ2) is 11.3. The van der Waals surface area contributed by atoms with Gasteiger partial charge < -0.3 is 0 Å². The minimum absolute atomic E-state index is 0.344. The first-order chi connectivity index (χ1) is 12.8. The molecule has 0 aliphatic carbocycles. The minimum Gasteiger partial charge on any atom is -0.274 e. The Morgan fingerprint density at radius 2 is 1.08 bits per heavy atom. The van der Waals surface area contributed by atoms with E-state index in [0.29, 0.717) is 12.8 Å². The Kier molecular flexibility index (Phi) is 8.32. The SMILES string of the molecule is N#[14C][C@H](CCCC[C@@H]([14C]#N)N=Cc1ccccc1)N=Cc1ccccc1. The minimum atomic E-state index is -0.344. The molecule has 0 heterocycles. The number of nitrogens with zero attached hydrogens (tertiary/aromatic N) is 4. The fourth-order valence-electron chi connectivity index (χ4n) is 2.45. The molecule has 0 radical (unpaired) electrons. The number of hydrogen-bond donors (Lipinski definition) is 0. The first kappa shape index (κ1) is 19.1. The largest absolute Gasteiger partial charge is 0.274 e. The first-order valence-corrected chi connectivity index (χ1v) is 8.77. The summed E-state index contributed by atoms with van der Waals surface area (Å²) in [6.45, 7) is 0. The van der Waals surface area contributed by atoms with Crippen molar-refractivity contribution >= 4 is 12.4 Å². The van der Waals surface area contributed by atoms with Crippen molar-refractivity contribution in [2.75, 3.05) is 0 Å². The van der Waals surface area contributed by atoms with E-state index in [4.69, 9.17) is 0 Å². The summed E-state index contributed by atoms with van der Waals surface area (Å²) >= 11 is 0. The third-order valence-corrected chi connectivity index (χ3v) is 3.91. The number of benzene rings is 2. The Bertz CT molecular complexity index is 713. The van der Waals surface area contributed by atoms with E-state index >= 15 is 0 Å². The van der Waals surface area contributed by atoms with Crippen LogP contribution in [0.25, 0.3) is 0 Å². The molecule has 4 heteroatoms. The van der Waals surface area contributed by atoms with Crippen molar-refractivity contribution in [3.05, 3.63) is 71.8 Å². The lowest BCUT2D eigenvalue weighted by molar-refractivity contribution is 0.591. The van der Waals surface area contributed by atoms with Gasteiger partial charge >= 0.3 is 0 Å². The van der Waals surface area contributed by atoms with E-state index in [2.05, 4.69) is 22.1 Å². The fraction of sp³-hybridized carbons (Fsp3) is 0.273. The normalized spacial score (nSPS) is 13.3. The molecule has 0 aromatic heterocycles. The number of hydrogen-bond acceptors (Lipinski definition) is 4. The quantitative estimate of drug-likeness (QED) is 0.493. The number of aliphatic imine (C=N–C) groups is 2. The highest BCUT2D eigenvalue weighted by Crippen LogP contribution is 2.10. The zero-order valence-corrected chi connectivity index (χ0v) is 14.7. The molecular weight excluding hydrogens is 324 g/mol. The molecule has 0 fully saturated rings. The van der Waals surface area contributed by atoms with Gasteiger partial charge in [-0.2, -0.15) is 10.5 Å². The molecule has 0 bridgehead atoms. The topological polar surface area (TPSA) is 72.3 Å². The maximum atomic E-state index is 9.23. The van der Waals surface area contributed by atoms with Gasteiger partial charge in [0.05, 0.1) is 12.1 Å². The second-order valence-electron chi connectivity index (χ2n) is 5.95. The van der Waals surface area contributed by atoms with Gasteiger partial charge in [-0.1, -0.05) is 73.5 Å². The Labute approximate surface area is 155 Å². The van der Waals surface area contributed by atoms with Gasteiger partial charge in [0, 0.05) is 12.4 Å². The highest BCUT2D eigenvalue weighted by Gasteiger charge is 2.07. The maximum absolute atomic E-state index is 9.23. The van der Waals surface area contributed by atoms with Crippen LogP contribution in [0.4, 0.5) is 0 Å². The highest BCUT2D eigenvalue weighted by atomic mass is 15.0. The van der Waals surface area contributed by atoms with Crippen LogP contribution in [-0.4, -0.2) is 24.5 Å². The number of nitriles is 2. The van der Waals surface area contributed by atoms with E-state index in [9.17, 15) is 10.5 Å². The van der Waals surface area contributed by atoms with Crippen LogP contribution in [-0.2, 0) is 0 Å². The van der Waals surface area contributed by atoms with Crippen LogP contribution in [0.15, 0.2) is 70.6 Å². The average Bonchev–Trinajstić information content (AvgIpc) is 2.71. The van der Waals surface area contributed by atoms with Crippen LogP contribution >= 0.6 is 0 Å². The molecule has 26 heavy (non-hydrogen) atoms. The van der Waals surface area contributed by atoms with Gasteiger partial charge in [0.2, 0.25) is 0 Å². The van der Waals surface area contributed by atoms with Crippen LogP contribution in [0.2, 0.25) is 0 Å².